The predicted octanol–water partition coefficient (Wildman–Crippen LogP) is 2.58. The molecule has 0 saturated heterocycles. The lowest BCUT2D eigenvalue weighted by molar-refractivity contribution is -0.145. The maximum absolute atomic E-state index is 12.5. The first kappa shape index (κ1) is 16.2. The number of carbonyl (C=O) groups excluding carboxylic acids is 1. The molecule has 0 bridgehead atoms. The number of aliphatic carboxylic acids is 1. The Bertz CT molecular complexity index is 486. The first-order chi connectivity index (χ1) is 9.06. The fourth-order valence-corrected chi connectivity index (χ4v) is 1.95. The van der Waals surface area contributed by atoms with E-state index in [0.29, 0.717) is 0 Å². The summed E-state index contributed by atoms with van der Waals surface area (Å²) in [5.41, 5.74) is -0.468. The second-order valence-electron chi connectivity index (χ2n) is 6.60. The van der Waals surface area contributed by atoms with Crippen molar-refractivity contribution in [2.24, 2.45) is 5.41 Å². The molecule has 0 aromatic heterocycles. The number of carbonyl (C=O) groups is 2. The fraction of sp³-hybridized carbons (Fsp3) is 0.500. The van der Waals surface area contributed by atoms with Gasteiger partial charge in [0, 0.05) is 0 Å². The summed E-state index contributed by atoms with van der Waals surface area (Å²) in [5.74, 6) is -1.30. The van der Waals surface area contributed by atoms with E-state index in [9.17, 15) is 14.7 Å². The lowest BCUT2D eigenvalue weighted by Crippen LogP contribution is -2.53. The van der Waals surface area contributed by atoms with E-state index in [1.807, 2.05) is 30.3 Å². The van der Waals surface area contributed by atoms with Gasteiger partial charge in [-0.1, -0.05) is 51.1 Å². The predicted molar refractivity (Wildman–Crippen MR) is 78.5 cm³/mol. The highest BCUT2D eigenvalue weighted by molar-refractivity contribution is 5.91. The third kappa shape index (κ3) is 3.59. The number of amides is 1. The Morgan fingerprint density at radius 2 is 1.55 bits per heavy atom. The summed E-state index contributed by atoms with van der Waals surface area (Å²) in [4.78, 5) is 23.8. The molecule has 0 unspecified atom stereocenters. The van der Waals surface area contributed by atoms with Gasteiger partial charge in [0.2, 0.25) is 5.91 Å². The van der Waals surface area contributed by atoms with Crippen LogP contribution in [0.4, 0.5) is 0 Å². The molecule has 4 nitrogen and oxygen atoms in total. The van der Waals surface area contributed by atoms with E-state index in [2.05, 4.69) is 5.32 Å². The number of rotatable bonds is 4. The third-order valence-electron chi connectivity index (χ3n) is 3.45. The van der Waals surface area contributed by atoms with Gasteiger partial charge in [-0.25, -0.2) is 4.79 Å². The summed E-state index contributed by atoms with van der Waals surface area (Å²) in [6, 6.07) is 8.43. The Labute approximate surface area is 120 Å². The van der Waals surface area contributed by atoms with Crippen molar-refractivity contribution < 1.29 is 14.7 Å². The van der Waals surface area contributed by atoms with Crippen molar-refractivity contribution in [1.82, 2.24) is 5.32 Å². The molecule has 0 fully saturated rings. The smallest absolute Gasteiger partial charge is 0.326 e. The summed E-state index contributed by atoms with van der Waals surface area (Å²) < 4.78 is 0. The second-order valence-corrected chi connectivity index (χ2v) is 6.60. The molecule has 0 radical (unpaired) electrons. The first-order valence-corrected chi connectivity index (χ1v) is 6.66. The molecule has 0 heterocycles. The highest BCUT2D eigenvalue weighted by atomic mass is 16.4. The Kier molecular flexibility index (Phi) is 4.58. The Hall–Kier alpha value is -1.84. The molecule has 0 saturated carbocycles. The van der Waals surface area contributed by atoms with E-state index in [1.54, 1.807) is 34.6 Å². The molecule has 1 aromatic rings. The molecule has 0 spiro atoms. The van der Waals surface area contributed by atoms with Crippen molar-refractivity contribution >= 4 is 11.9 Å². The Morgan fingerprint density at radius 3 is 1.95 bits per heavy atom. The van der Waals surface area contributed by atoms with Crippen LogP contribution in [0.1, 0.15) is 40.2 Å². The zero-order chi connectivity index (χ0) is 15.6. The number of carboxylic acids is 1. The average molecular weight is 277 g/mol. The van der Waals surface area contributed by atoms with Gasteiger partial charge >= 0.3 is 5.97 Å². The van der Waals surface area contributed by atoms with E-state index in [1.165, 1.54) is 0 Å². The van der Waals surface area contributed by atoms with E-state index >= 15 is 0 Å². The van der Waals surface area contributed by atoms with Crippen molar-refractivity contribution in [3.8, 4) is 0 Å². The van der Waals surface area contributed by atoms with Crippen LogP contribution >= 0.6 is 0 Å². The maximum Gasteiger partial charge on any atom is 0.326 e. The number of carboxylic acid groups (broad SMARTS) is 1. The van der Waals surface area contributed by atoms with Crippen LogP contribution in [0, 0.1) is 5.41 Å². The van der Waals surface area contributed by atoms with Crippen LogP contribution in [0.25, 0.3) is 0 Å². The Balaban J connectivity index is 2.98. The van der Waals surface area contributed by atoms with Gasteiger partial charge in [-0.2, -0.15) is 0 Å². The lowest BCUT2D eigenvalue weighted by atomic mass is 9.81. The molecule has 4 heteroatoms. The largest absolute Gasteiger partial charge is 0.480 e. The highest BCUT2D eigenvalue weighted by Crippen LogP contribution is 2.25. The third-order valence-corrected chi connectivity index (χ3v) is 3.45. The van der Waals surface area contributed by atoms with Crippen LogP contribution in [-0.2, 0) is 15.0 Å². The fourth-order valence-electron chi connectivity index (χ4n) is 1.95. The molecule has 0 aliphatic heterocycles. The summed E-state index contributed by atoms with van der Waals surface area (Å²) in [6.07, 6.45) is 0. The quantitative estimate of drug-likeness (QED) is 0.889. The van der Waals surface area contributed by atoms with Gasteiger partial charge in [-0.15, -0.1) is 0 Å². The number of nitrogens with one attached hydrogen (secondary N) is 1. The molecule has 0 aliphatic carbocycles. The molecule has 110 valence electrons. The van der Waals surface area contributed by atoms with Crippen LogP contribution in [0.5, 0.6) is 0 Å². The van der Waals surface area contributed by atoms with E-state index < -0.39 is 22.8 Å². The monoisotopic (exact) mass is 277 g/mol. The minimum Gasteiger partial charge on any atom is -0.480 e. The summed E-state index contributed by atoms with van der Waals surface area (Å²) >= 11 is 0. The van der Waals surface area contributed by atoms with Crippen LogP contribution in [0.15, 0.2) is 30.3 Å². The van der Waals surface area contributed by atoms with Gasteiger partial charge in [-0.3, -0.25) is 4.79 Å². The zero-order valence-corrected chi connectivity index (χ0v) is 12.7. The van der Waals surface area contributed by atoms with Crippen molar-refractivity contribution in [1.29, 1.82) is 0 Å². The van der Waals surface area contributed by atoms with Crippen molar-refractivity contribution in [3.05, 3.63) is 35.9 Å². The minimum atomic E-state index is -1.02. The minimum absolute atomic E-state index is 0.286. The van der Waals surface area contributed by atoms with E-state index in [4.69, 9.17) is 0 Å². The van der Waals surface area contributed by atoms with E-state index in [0.717, 1.165) is 5.56 Å². The topological polar surface area (TPSA) is 66.4 Å². The molecule has 1 amide bonds. The first-order valence-electron chi connectivity index (χ1n) is 6.66. The zero-order valence-electron chi connectivity index (χ0n) is 12.7. The number of benzene rings is 1. The normalized spacial score (nSPS) is 13.7. The van der Waals surface area contributed by atoms with Gasteiger partial charge in [0.15, 0.2) is 0 Å². The molecule has 1 aromatic carbocycles. The van der Waals surface area contributed by atoms with Crippen LogP contribution in [0.2, 0.25) is 0 Å². The molecule has 1 atom stereocenters. The van der Waals surface area contributed by atoms with Crippen LogP contribution < -0.4 is 5.32 Å². The van der Waals surface area contributed by atoms with Crippen LogP contribution in [-0.4, -0.2) is 23.0 Å². The second kappa shape index (κ2) is 5.65. The van der Waals surface area contributed by atoms with Crippen molar-refractivity contribution in [3.63, 3.8) is 0 Å². The summed E-state index contributed by atoms with van der Waals surface area (Å²) in [7, 11) is 0. The molecular weight excluding hydrogens is 254 g/mol. The van der Waals surface area contributed by atoms with Crippen LogP contribution in [0.3, 0.4) is 0 Å². The van der Waals surface area contributed by atoms with Gasteiger partial charge < -0.3 is 10.4 Å². The average Bonchev–Trinajstić information content (AvgIpc) is 2.34. The molecule has 2 N–H and O–H groups in total. The van der Waals surface area contributed by atoms with Gasteiger partial charge in [0.1, 0.15) is 6.04 Å². The highest BCUT2D eigenvalue weighted by Gasteiger charge is 2.37. The Morgan fingerprint density at radius 1 is 1.05 bits per heavy atom. The molecular formula is C16H23NO3. The summed E-state index contributed by atoms with van der Waals surface area (Å²) in [6.45, 7) is 8.96. The lowest BCUT2D eigenvalue weighted by Gasteiger charge is -2.32. The van der Waals surface area contributed by atoms with Crippen molar-refractivity contribution in [2.75, 3.05) is 0 Å². The van der Waals surface area contributed by atoms with Gasteiger partial charge in [0.05, 0.1) is 5.41 Å². The molecule has 20 heavy (non-hydrogen) atoms. The molecule has 1 rings (SSSR count). The SMILES string of the molecule is CC(C)(C(=O)N[C@@H](C(=O)O)C(C)(C)C)c1ccccc1. The van der Waals surface area contributed by atoms with Crippen molar-refractivity contribution in [2.45, 2.75) is 46.1 Å². The van der Waals surface area contributed by atoms with Gasteiger partial charge in [0.25, 0.3) is 0 Å². The van der Waals surface area contributed by atoms with Gasteiger partial charge in [-0.05, 0) is 24.8 Å². The maximum atomic E-state index is 12.5. The summed E-state index contributed by atoms with van der Waals surface area (Å²) in [5, 5.41) is 11.9. The molecule has 0 aliphatic rings. The van der Waals surface area contributed by atoms with E-state index in [-0.39, 0.29) is 5.91 Å². The standard InChI is InChI=1S/C16H23NO3/c1-15(2,3)12(13(18)19)17-14(20)16(4,5)11-9-7-6-8-10-11/h6-10,12H,1-5H3,(H,17,20)(H,18,19)/t12-/m0/s1. The number of hydrogen-bond donors (Lipinski definition) is 2. The number of hydrogen-bond acceptors (Lipinski definition) is 2.